The van der Waals surface area contributed by atoms with Crippen LogP contribution in [0.5, 0.6) is 0 Å². The molecule has 0 aliphatic carbocycles. The minimum Gasteiger partial charge on any atom is -0.507 e. The smallest absolute Gasteiger partial charge is 0.295 e. The lowest BCUT2D eigenvalue weighted by atomic mass is 9.94. The maximum atomic E-state index is 12.8. The summed E-state index contributed by atoms with van der Waals surface area (Å²) in [5.74, 6) is -1.57. The summed E-state index contributed by atoms with van der Waals surface area (Å²) in [5, 5.41) is 19.8. The van der Waals surface area contributed by atoms with Crippen LogP contribution in [0, 0.1) is 13.8 Å². The van der Waals surface area contributed by atoms with Crippen LogP contribution in [0.2, 0.25) is 0 Å². The van der Waals surface area contributed by atoms with Crippen LogP contribution in [0.3, 0.4) is 0 Å². The molecule has 0 radical (unpaired) electrons. The van der Waals surface area contributed by atoms with Crippen molar-refractivity contribution in [3.63, 3.8) is 0 Å². The van der Waals surface area contributed by atoms with E-state index in [0.717, 1.165) is 16.7 Å². The summed E-state index contributed by atoms with van der Waals surface area (Å²) in [4.78, 5) is 27.0. The zero-order valence-electron chi connectivity index (χ0n) is 16.6. The van der Waals surface area contributed by atoms with E-state index in [9.17, 15) is 14.7 Å². The van der Waals surface area contributed by atoms with E-state index in [2.05, 4.69) is 0 Å². The van der Waals surface area contributed by atoms with Crippen molar-refractivity contribution in [2.75, 3.05) is 26.4 Å². The van der Waals surface area contributed by atoms with Gasteiger partial charge < -0.3 is 19.8 Å². The third-order valence-electron chi connectivity index (χ3n) is 4.97. The van der Waals surface area contributed by atoms with Gasteiger partial charge in [-0.05, 0) is 19.4 Å². The summed E-state index contributed by atoms with van der Waals surface area (Å²) in [5.41, 5.74) is 3.38. The molecule has 0 saturated carbocycles. The molecule has 1 aliphatic heterocycles. The van der Waals surface area contributed by atoms with Crippen LogP contribution in [-0.4, -0.2) is 53.2 Å². The number of carbonyl (C=O) groups excluding carboxylic acids is 2. The molecule has 0 spiro atoms. The number of aryl methyl sites for hydroxylation is 2. The van der Waals surface area contributed by atoms with Crippen LogP contribution in [0.25, 0.3) is 5.76 Å². The van der Waals surface area contributed by atoms with E-state index in [1.54, 1.807) is 12.1 Å². The molecule has 1 unspecified atom stereocenters. The van der Waals surface area contributed by atoms with Crippen LogP contribution in [0.15, 0.2) is 54.1 Å². The van der Waals surface area contributed by atoms with E-state index in [0.29, 0.717) is 5.56 Å². The first-order valence-electron chi connectivity index (χ1n) is 9.54. The summed E-state index contributed by atoms with van der Waals surface area (Å²) in [7, 11) is 0. The Morgan fingerprint density at radius 3 is 2.14 bits per heavy atom. The highest BCUT2D eigenvalue weighted by Crippen LogP contribution is 2.39. The molecule has 1 atom stereocenters. The van der Waals surface area contributed by atoms with Gasteiger partial charge in [0.2, 0.25) is 0 Å². The number of Topliss-reactive ketones (excluding diaryl/α,β-unsaturated/α-hetero) is 1. The summed E-state index contributed by atoms with van der Waals surface area (Å²) in [6.45, 7) is 4.28. The van der Waals surface area contributed by atoms with Gasteiger partial charge in [-0.1, -0.05) is 59.7 Å². The minimum absolute atomic E-state index is 0.0739. The molecule has 6 nitrogen and oxygen atoms in total. The molecule has 1 saturated heterocycles. The predicted molar refractivity (Wildman–Crippen MR) is 109 cm³/mol. The van der Waals surface area contributed by atoms with Gasteiger partial charge in [0.15, 0.2) is 0 Å². The van der Waals surface area contributed by atoms with E-state index < -0.39 is 17.7 Å². The van der Waals surface area contributed by atoms with E-state index in [1.165, 1.54) is 4.90 Å². The lowest BCUT2D eigenvalue weighted by molar-refractivity contribution is -0.140. The third kappa shape index (κ3) is 4.39. The van der Waals surface area contributed by atoms with Crippen LogP contribution in [-0.2, 0) is 14.3 Å². The van der Waals surface area contributed by atoms with Gasteiger partial charge in [0.05, 0.1) is 31.4 Å². The van der Waals surface area contributed by atoms with Gasteiger partial charge in [-0.2, -0.15) is 0 Å². The molecular weight excluding hydrogens is 370 g/mol. The van der Waals surface area contributed by atoms with Crippen molar-refractivity contribution >= 4 is 17.4 Å². The first-order valence-corrected chi connectivity index (χ1v) is 9.54. The summed E-state index contributed by atoms with van der Waals surface area (Å²) >= 11 is 0. The van der Waals surface area contributed by atoms with Gasteiger partial charge in [-0.25, -0.2) is 0 Å². The minimum atomic E-state index is -0.712. The molecule has 1 aliphatic rings. The van der Waals surface area contributed by atoms with Crippen molar-refractivity contribution in [2.24, 2.45) is 0 Å². The largest absolute Gasteiger partial charge is 0.507 e. The maximum absolute atomic E-state index is 12.8. The number of nitrogens with zero attached hydrogens (tertiary/aromatic N) is 1. The van der Waals surface area contributed by atoms with Gasteiger partial charge in [-0.15, -0.1) is 0 Å². The molecule has 0 aromatic heterocycles. The monoisotopic (exact) mass is 395 g/mol. The van der Waals surface area contributed by atoms with Crippen molar-refractivity contribution < 1.29 is 24.5 Å². The first kappa shape index (κ1) is 20.8. The maximum Gasteiger partial charge on any atom is 0.295 e. The lowest BCUT2D eigenvalue weighted by Gasteiger charge is -2.25. The zero-order chi connectivity index (χ0) is 21.0. The predicted octanol–water partition coefficient (Wildman–Crippen LogP) is 2.73. The van der Waals surface area contributed by atoms with E-state index in [1.807, 2.05) is 50.2 Å². The molecule has 2 N–H and O–H groups in total. The molecule has 2 aromatic rings. The number of likely N-dealkylation sites (tertiary alicyclic amines) is 1. The summed E-state index contributed by atoms with van der Waals surface area (Å²) in [6, 6.07) is 14.0. The fraction of sp³-hybridized carbons (Fsp3) is 0.304. The second-order valence-electron chi connectivity index (χ2n) is 7.11. The van der Waals surface area contributed by atoms with Crippen LogP contribution in [0.4, 0.5) is 0 Å². The van der Waals surface area contributed by atoms with Crippen molar-refractivity contribution in [3.05, 3.63) is 76.4 Å². The van der Waals surface area contributed by atoms with Crippen LogP contribution in [0.1, 0.15) is 28.3 Å². The molecule has 6 heteroatoms. The Labute approximate surface area is 170 Å². The highest BCUT2D eigenvalue weighted by molar-refractivity contribution is 6.46. The highest BCUT2D eigenvalue weighted by atomic mass is 16.5. The molecule has 1 amide bonds. The molecule has 1 heterocycles. The number of ether oxygens (including phenoxy) is 1. The average Bonchev–Trinajstić information content (AvgIpc) is 2.96. The molecular formula is C23H25NO5. The topological polar surface area (TPSA) is 87.1 Å². The molecule has 152 valence electrons. The molecule has 1 fully saturated rings. The number of ketones is 1. The zero-order valence-corrected chi connectivity index (χ0v) is 16.6. The molecule has 3 rings (SSSR count). The highest BCUT2D eigenvalue weighted by Gasteiger charge is 2.45. The number of aliphatic hydroxyl groups excluding tert-OH is 2. The van der Waals surface area contributed by atoms with Gasteiger partial charge in [-0.3, -0.25) is 9.59 Å². The van der Waals surface area contributed by atoms with Gasteiger partial charge in [0, 0.05) is 12.1 Å². The second-order valence-corrected chi connectivity index (χ2v) is 7.11. The normalized spacial score (nSPS) is 18.4. The quantitative estimate of drug-likeness (QED) is 0.326. The fourth-order valence-electron chi connectivity index (χ4n) is 3.40. The molecule has 2 aromatic carbocycles. The van der Waals surface area contributed by atoms with Gasteiger partial charge in [0.25, 0.3) is 11.7 Å². The molecule has 29 heavy (non-hydrogen) atoms. The van der Waals surface area contributed by atoms with Crippen molar-refractivity contribution in [1.82, 2.24) is 4.90 Å². The Bertz CT molecular complexity index is 915. The number of hydrogen-bond acceptors (Lipinski definition) is 5. The Morgan fingerprint density at radius 2 is 1.55 bits per heavy atom. The SMILES string of the molecule is Cc1ccc(C(O)=C2C(=O)C(=O)N(CCOCCO)C2c2ccc(C)cc2)cc1. The standard InChI is InChI=1S/C23H25NO5/c1-15-3-7-17(8-4-15)20-19(21(26)18-9-5-16(2)6-10-18)22(27)23(28)24(20)11-13-29-14-12-25/h3-10,20,25-26H,11-14H2,1-2H3. The lowest BCUT2D eigenvalue weighted by Crippen LogP contribution is -2.33. The summed E-state index contributed by atoms with van der Waals surface area (Å²) in [6.07, 6.45) is 0. The van der Waals surface area contributed by atoms with Crippen molar-refractivity contribution in [3.8, 4) is 0 Å². The Hall–Kier alpha value is -2.96. The first-order chi connectivity index (χ1) is 13.9. The van der Waals surface area contributed by atoms with Crippen molar-refractivity contribution in [1.29, 1.82) is 0 Å². The van der Waals surface area contributed by atoms with E-state index in [4.69, 9.17) is 9.84 Å². The van der Waals surface area contributed by atoms with Gasteiger partial charge >= 0.3 is 0 Å². The van der Waals surface area contributed by atoms with Crippen LogP contribution < -0.4 is 0 Å². The van der Waals surface area contributed by atoms with E-state index >= 15 is 0 Å². The number of aliphatic hydroxyl groups is 2. The number of amides is 1. The number of rotatable bonds is 7. The fourth-order valence-corrected chi connectivity index (χ4v) is 3.40. The Morgan fingerprint density at radius 1 is 0.966 bits per heavy atom. The molecule has 0 bridgehead atoms. The summed E-state index contributed by atoms with van der Waals surface area (Å²) < 4.78 is 5.29. The number of hydrogen-bond donors (Lipinski definition) is 2. The number of carbonyl (C=O) groups is 2. The Balaban J connectivity index is 2.05. The third-order valence-corrected chi connectivity index (χ3v) is 4.97. The van der Waals surface area contributed by atoms with Crippen molar-refractivity contribution in [2.45, 2.75) is 19.9 Å². The number of benzene rings is 2. The second kappa shape index (κ2) is 9.03. The average molecular weight is 395 g/mol. The Kier molecular flexibility index (Phi) is 6.46. The van der Waals surface area contributed by atoms with E-state index in [-0.39, 0.29) is 37.7 Å². The van der Waals surface area contributed by atoms with Gasteiger partial charge in [0.1, 0.15) is 5.76 Å². The van der Waals surface area contributed by atoms with Crippen LogP contribution >= 0.6 is 0 Å².